The minimum Gasteiger partial charge on any atom is -0.343 e. The Kier molecular flexibility index (Phi) is 7.11. The lowest BCUT2D eigenvalue weighted by Gasteiger charge is -2.13. The molecule has 0 radical (unpaired) electrons. The van der Waals surface area contributed by atoms with Gasteiger partial charge in [0.15, 0.2) is 0 Å². The predicted octanol–water partition coefficient (Wildman–Crippen LogP) is 3.82. The second kappa shape index (κ2) is 7.11. The smallest absolute Gasteiger partial charge is 0.0441 e. The molecule has 0 fully saturated rings. The van der Waals surface area contributed by atoms with Crippen LogP contribution in [0.3, 0.4) is 0 Å². The van der Waals surface area contributed by atoms with Gasteiger partial charge in [-0.05, 0) is 5.92 Å². The summed E-state index contributed by atoms with van der Waals surface area (Å²) in [7, 11) is 0. The molecule has 0 aliphatic rings. The fourth-order valence-corrected chi connectivity index (χ4v) is 1.33. The molecule has 0 heteroatoms. The van der Waals surface area contributed by atoms with E-state index in [4.69, 9.17) is 0 Å². The van der Waals surface area contributed by atoms with E-state index in [9.17, 15) is 0 Å². The molecule has 0 nitrogen and oxygen atoms in total. The van der Waals surface area contributed by atoms with E-state index >= 15 is 0 Å². The van der Waals surface area contributed by atoms with Gasteiger partial charge in [-0.15, -0.1) is 0 Å². The summed E-state index contributed by atoms with van der Waals surface area (Å²) in [5.74, 6) is 0.956. The number of rotatable bonds is 6. The number of hydrogen-bond acceptors (Lipinski definition) is 0. The molecule has 0 aromatic rings. The summed E-state index contributed by atoms with van der Waals surface area (Å²) in [6.45, 7) is 8.43. The van der Waals surface area contributed by atoms with Crippen molar-refractivity contribution in [3.8, 4) is 0 Å². The predicted molar refractivity (Wildman–Crippen MR) is 47.9 cm³/mol. The first-order chi connectivity index (χ1) is 4.85. The monoisotopic (exact) mass is 141 g/mol. The van der Waals surface area contributed by atoms with Crippen LogP contribution in [0, 0.1) is 12.8 Å². The lowest BCUT2D eigenvalue weighted by Crippen LogP contribution is -1.97. The second-order valence-electron chi connectivity index (χ2n) is 3.06. The molecule has 0 bridgehead atoms. The van der Waals surface area contributed by atoms with Crippen LogP contribution < -0.4 is 0 Å². The maximum atomic E-state index is 3.88. The molecule has 1 atom stereocenters. The lowest BCUT2D eigenvalue weighted by atomic mass is 9.95. The molecular weight excluding hydrogens is 120 g/mol. The molecule has 0 saturated heterocycles. The molecule has 0 amide bonds. The first-order valence-electron chi connectivity index (χ1n) is 4.64. The standard InChI is InChI=1S/C10H21/c1-4-7-9-10(6-3)8-5-2/h10H,2,4-9H2,1,3H3/q-1. The third-order valence-corrected chi connectivity index (χ3v) is 2.16. The highest BCUT2D eigenvalue weighted by molar-refractivity contribution is 4.57. The van der Waals surface area contributed by atoms with E-state index in [0.29, 0.717) is 0 Å². The van der Waals surface area contributed by atoms with E-state index < -0.39 is 0 Å². The molecule has 0 aliphatic carbocycles. The summed E-state index contributed by atoms with van der Waals surface area (Å²) in [5, 5.41) is 0. The zero-order chi connectivity index (χ0) is 7.82. The van der Waals surface area contributed by atoms with Crippen molar-refractivity contribution in [1.29, 1.82) is 0 Å². The van der Waals surface area contributed by atoms with Crippen molar-refractivity contribution in [3.05, 3.63) is 6.92 Å². The van der Waals surface area contributed by atoms with Crippen LogP contribution in [-0.4, -0.2) is 0 Å². The van der Waals surface area contributed by atoms with Crippen molar-refractivity contribution in [2.45, 2.75) is 52.4 Å². The Balaban J connectivity index is 3.21. The van der Waals surface area contributed by atoms with Crippen LogP contribution in [0.25, 0.3) is 0 Å². The summed E-state index contributed by atoms with van der Waals surface area (Å²) >= 11 is 0. The summed E-state index contributed by atoms with van der Waals surface area (Å²) in [6, 6.07) is 0. The normalized spacial score (nSPS) is 13.5. The molecule has 0 saturated carbocycles. The Morgan fingerprint density at radius 2 is 1.90 bits per heavy atom. The zero-order valence-electron chi connectivity index (χ0n) is 7.53. The first-order valence-corrected chi connectivity index (χ1v) is 4.64. The molecule has 62 valence electrons. The fourth-order valence-electron chi connectivity index (χ4n) is 1.33. The molecular formula is C10H21-. The van der Waals surface area contributed by atoms with E-state index in [1.165, 1.54) is 32.1 Å². The highest BCUT2D eigenvalue weighted by atomic mass is 14.1. The van der Waals surface area contributed by atoms with Crippen molar-refractivity contribution in [2.75, 3.05) is 0 Å². The van der Waals surface area contributed by atoms with Crippen LogP contribution in [-0.2, 0) is 0 Å². The first kappa shape index (κ1) is 10.0. The van der Waals surface area contributed by atoms with Crippen molar-refractivity contribution < 1.29 is 0 Å². The number of unbranched alkanes of at least 4 members (excludes halogenated alkanes) is 1. The van der Waals surface area contributed by atoms with Crippen molar-refractivity contribution in [2.24, 2.45) is 5.92 Å². The quantitative estimate of drug-likeness (QED) is 0.493. The van der Waals surface area contributed by atoms with Crippen LogP contribution in [0.5, 0.6) is 0 Å². The van der Waals surface area contributed by atoms with Gasteiger partial charge in [0, 0.05) is 0 Å². The van der Waals surface area contributed by atoms with Gasteiger partial charge < -0.3 is 6.92 Å². The average molecular weight is 141 g/mol. The van der Waals surface area contributed by atoms with E-state index in [2.05, 4.69) is 20.8 Å². The van der Waals surface area contributed by atoms with E-state index in [1.807, 2.05) is 0 Å². The SMILES string of the molecule is [CH2-]CCC(CC)CCCC. The molecule has 0 aromatic carbocycles. The third kappa shape index (κ3) is 4.84. The van der Waals surface area contributed by atoms with Crippen LogP contribution in [0.2, 0.25) is 0 Å². The van der Waals surface area contributed by atoms with Crippen molar-refractivity contribution >= 4 is 0 Å². The maximum Gasteiger partial charge on any atom is -0.0441 e. The molecule has 0 spiro atoms. The van der Waals surface area contributed by atoms with Gasteiger partial charge in [0.1, 0.15) is 0 Å². The third-order valence-electron chi connectivity index (χ3n) is 2.16. The molecule has 0 aliphatic heterocycles. The van der Waals surface area contributed by atoms with Crippen molar-refractivity contribution in [1.82, 2.24) is 0 Å². The van der Waals surface area contributed by atoms with E-state index in [0.717, 1.165) is 12.3 Å². The fraction of sp³-hybridized carbons (Fsp3) is 0.900. The minimum absolute atomic E-state index is 0.956. The molecule has 0 rings (SSSR count). The lowest BCUT2D eigenvalue weighted by molar-refractivity contribution is 0.424. The van der Waals surface area contributed by atoms with Gasteiger partial charge in [-0.3, -0.25) is 0 Å². The van der Waals surface area contributed by atoms with Crippen molar-refractivity contribution in [3.63, 3.8) is 0 Å². The van der Waals surface area contributed by atoms with Crippen LogP contribution in [0.4, 0.5) is 0 Å². The van der Waals surface area contributed by atoms with Gasteiger partial charge in [-0.25, -0.2) is 0 Å². The summed E-state index contributed by atoms with van der Waals surface area (Å²) < 4.78 is 0. The van der Waals surface area contributed by atoms with E-state index in [-0.39, 0.29) is 0 Å². The second-order valence-corrected chi connectivity index (χ2v) is 3.06. The maximum absolute atomic E-state index is 3.88. The molecule has 10 heavy (non-hydrogen) atoms. The topological polar surface area (TPSA) is 0 Å². The van der Waals surface area contributed by atoms with Gasteiger partial charge in [0.05, 0.1) is 0 Å². The highest BCUT2D eigenvalue weighted by Crippen LogP contribution is 2.17. The van der Waals surface area contributed by atoms with Gasteiger partial charge in [0.2, 0.25) is 0 Å². The Morgan fingerprint density at radius 3 is 2.30 bits per heavy atom. The van der Waals surface area contributed by atoms with Gasteiger partial charge in [-0.2, -0.15) is 6.42 Å². The largest absolute Gasteiger partial charge is 0.343 e. The Bertz CT molecular complexity index is 57.1. The summed E-state index contributed by atoms with van der Waals surface area (Å²) in [5.41, 5.74) is 0. The van der Waals surface area contributed by atoms with Gasteiger partial charge in [-0.1, -0.05) is 46.0 Å². The molecule has 0 N–H and O–H groups in total. The Hall–Kier alpha value is 0. The minimum atomic E-state index is 0.956. The zero-order valence-corrected chi connectivity index (χ0v) is 7.53. The van der Waals surface area contributed by atoms with Gasteiger partial charge >= 0.3 is 0 Å². The van der Waals surface area contributed by atoms with Gasteiger partial charge in [0.25, 0.3) is 0 Å². The molecule has 0 aromatic heterocycles. The van der Waals surface area contributed by atoms with Crippen LogP contribution in [0.1, 0.15) is 52.4 Å². The average Bonchev–Trinajstić information content (AvgIpc) is 1.98. The molecule has 0 heterocycles. The van der Waals surface area contributed by atoms with Crippen LogP contribution in [0.15, 0.2) is 0 Å². The van der Waals surface area contributed by atoms with Crippen LogP contribution >= 0.6 is 0 Å². The number of hydrogen-bond donors (Lipinski definition) is 0. The highest BCUT2D eigenvalue weighted by Gasteiger charge is 2.00. The molecule has 1 unspecified atom stereocenters. The Morgan fingerprint density at radius 1 is 1.20 bits per heavy atom. The summed E-state index contributed by atoms with van der Waals surface area (Å²) in [4.78, 5) is 0. The summed E-state index contributed by atoms with van der Waals surface area (Å²) in [6.07, 6.45) is 7.95. The Labute approximate surface area is 66.0 Å². The van der Waals surface area contributed by atoms with E-state index in [1.54, 1.807) is 0 Å².